The number of carbonyl (C=O) groups excluding carboxylic acids is 1. The van der Waals surface area contributed by atoms with Crippen molar-refractivity contribution >= 4 is 5.78 Å². The van der Waals surface area contributed by atoms with E-state index in [0.29, 0.717) is 11.2 Å². The van der Waals surface area contributed by atoms with Gasteiger partial charge in [-0.05, 0) is 51.2 Å². The number of nitrogens with zero attached hydrogens (tertiary/aromatic N) is 1. The Kier molecular flexibility index (Phi) is 4.65. The molecule has 3 heteroatoms. The number of hydrogen-bond acceptors (Lipinski definition) is 3. The van der Waals surface area contributed by atoms with Gasteiger partial charge < -0.3 is 10.2 Å². The van der Waals surface area contributed by atoms with E-state index < -0.39 is 0 Å². The van der Waals surface area contributed by atoms with Gasteiger partial charge in [0.05, 0.1) is 0 Å². The molecule has 2 aliphatic rings. The van der Waals surface area contributed by atoms with Crippen molar-refractivity contribution < 1.29 is 4.79 Å². The zero-order chi connectivity index (χ0) is 15.6. The Balaban J connectivity index is 1.53. The molecule has 2 fully saturated rings. The lowest BCUT2D eigenvalue weighted by Crippen LogP contribution is -2.43. The first-order chi connectivity index (χ1) is 10.6. The second kappa shape index (κ2) is 6.51. The summed E-state index contributed by atoms with van der Waals surface area (Å²) in [6.45, 7) is 10.0. The van der Waals surface area contributed by atoms with Gasteiger partial charge in [-0.3, -0.25) is 4.79 Å². The fourth-order valence-electron chi connectivity index (χ4n) is 3.85. The van der Waals surface area contributed by atoms with E-state index in [1.165, 1.54) is 18.5 Å². The summed E-state index contributed by atoms with van der Waals surface area (Å²) in [5.74, 6) is 0.557. The highest BCUT2D eigenvalue weighted by molar-refractivity contribution is 5.97. The third kappa shape index (κ3) is 3.58. The number of ketones is 1. The van der Waals surface area contributed by atoms with E-state index in [9.17, 15) is 4.79 Å². The van der Waals surface area contributed by atoms with Crippen molar-refractivity contribution in [2.75, 3.05) is 32.7 Å². The van der Waals surface area contributed by atoms with Gasteiger partial charge in [-0.1, -0.05) is 36.8 Å². The second-order valence-corrected chi connectivity index (χ2v) is 7.52. The van der Waals surface area contributed by atoms with Gasteiger partial charge in [-0.25, -0.2) is 0 Å². The molecule has 0 aromatic heterocycles. The molecule has 120 valence electrons. The molecule has 2 aliphatic heterocycles. The minimum Gasteiger partial charge on any atom is -0.316 e. The maximum Gasteiger partial charge on any atom is 0.166 e. The highest BCUT2D eigenvalue weighted by atomic mass is 16.1. The normalized spacial score (nSPS) is 27.2. The van der Waals surface area contributed by atoms with Crippen LogP contribution in [-0.2, 0) is 0 Å². The molecule has 1 N–H and O–H groups in total. The van der Waals surface area contributed by atoms with Gasteiger partial charge in [-0.2, -0.15) is 0 Å². The molecular formula is C19H28N2O. The maximum atomic E-state index is 12.6. The van der Waals surface area contributed by atoms with Crippen molar-refractivity contribution in [2.24, 2.45) is 11.3 Å². The number of Topliss-reactive ketones (excluding diaryl/α,β-unsaturated/α-hetero) is 1. The summed E-state index contributed by atoms with van der Waals surface area (Å²) in [7, 11) is 0. The molecule has 0 radical (unpaired) electrons. The zero-order valence-electron chi connectivity index (χ0n) is 13.9. The van der Waals surface area contributed by atoms with Gasteiger partial charge in [0.15, 0.2) is 5.78 Å². The van der Waals surface area contributed by atoms with Crippen molar-refractivity contribution in [1.29, 1.82) is 0 Å². The topological polar surface area (TPSA) is 32.3 Å². The van der Waals surface area contributed by atoms with E-state index in [1.807, 2.05) is 24.3 Å². The molecule has 2 saturated heterocycles. The summed E-state index contributed by atoms with van der Waals surface area (Å²) in [5.41, 5.74) is 2.52. The molecule has 1 atom stereocenters. The molecule has 0 bridgehead atoms. The zero-order valence-corrected chi connectivity index (χ0v) is 13.9. The van der Waals surface area contributed by atoms with Crippen molar-refractivity contribution in [3.8, 4) is 0 Å². The Morgan fingerprint density at radius 3 is 2.55 bits per heavy atom. The summed E-state index contributed by atoms with van der Waals surface area (Å²) in [6.07, 6.45) is 3.29. The maximum absolute atomic E-state index is 12.6. The molecule has 1 unspecified atom stereocenters. The van der Waals surface area contributed by atoms with Gasteiger partial charge in [0.1, 0.15) is 0 Å². The Morgan fingerprint density at radius 1 is 1.27 bits per heavy atom. The molecule has 1 aromatic carbocycles. The first-order valence-electron chi connectivity index (χ1n) is 8.60. The summed E-state index contributed by atoms with van der Waals surface area (Å²) in [4.78, 5) is 15.2. The first kappa shape index (κ1) is 15.7. The molecule has 0 spiro atoms. The van der Waals surface area contributed by atoms with Crippen LogP contribution in [0.3, 0.4) is 0 Å². The van der Waals surface area contributed by atoms with Crippen molar-refractivity contribution in [2.45, 2.75) is 33.1 Å². The third-order valence-corrected chi connectivity index (χ3v) is 5.36. The largest absolute Gasteiger partial charge is 0.316 e. The summed E-state index contributed by atoms with van der Waals surface area (Å²) in [6, 6.07) is 8.04. The molecule has 3 nitrogen and oxygen atoms in total. The number of likely N-dealkylation sites (tertiary alicyclic amines) is 1. The smallest absolute Gasteiger partial charge is 0.166 e. The van der Waals surface area contributed by atoms with Gasteiger partial charge in [-0.15, -0.1) is 0 Å². The average molecular weight is 300 g/mol. The molecule has 3 rings (SSSR count). The summed E-state index contributed by atoms with van der Waals surface area (Å²) < 4.78 is 0. The van der Waals surface area contributed by atoms with Gasteiger partial charge in [0.2, 0.25) is 0 Å². The van der Waals surface area contributed by atoms with Crippen LogP contribution in [0.5, 0.6) is 0 Å². The Morgan fingerprint density at radius 2 is 1.95 bits per heavy atom. The van der Waals surface area contributed by atoms with E-state index in [2.05, 4.69) is 24.1 Å². The average Bonchev–Trinajstić information content (AvgIpc) is 2.94. The highest BCUT2D eigenvalue weighted by Gasteiger charge is 2.33. The number of nitrogens with one attached hydrogen (secondary N) is 1. The number of hydrogen-bond donors (Lipinski definition) is 1. The number of aryl methyl sites for hydroxylation is 1. The molecule has 0 saturated carbocycles. The van der Waals surface area contributed by atoms with E-state index in [0.717, 1.165) is 44.6 Å². The molecule has 0 aliphatic carbocycles. The van der Waals surface area contributed by atoms with Crippen LogP contribution >= 0.6 is 0 Å². The van der Waals surface area contributed by atoms with E-state index >= 15 is 0 Å². The summed E-state index contributed by atoms with van der Waals surface area (Å²) >= 11 is 0. The van der Waals surface area contributed by atoms with E-state index in [-0.39, 0.29) is 5.92 Å². The Labute approximate surface area is 134 Å². The molecular weight excluding hydrogens is 272 g/mol. The van der Waals surface area contributed by atoms with Crippen molar-refractivity contribution in [1.82, 2.24) is 10.2 Å². The number of carbonyl (C=O) groups is 1. The standard InChI is InChI=1S/C19H28N2O/c1-15-3-5-16(6-4-15)18(22)17-7-11-21(12-8-17)14-19(2)9-10-20-13-19/h3-6,17,20H,7-14H2,1-2H3. The van der Waals surface area contributed by atoms with Crippen molar-refractivity contribution in [3.63, 3.8) is 0 Å². The van der Waals surface area contributed by atoms with Crippen LogP contribution in [0.1, 0.15) is 42.1 Å². The minimum absolute atomic E-state index is 0.216. The van der Waals surface area contributed by atoms with E-state index in [1.54, 1.807) is 0 Å². The first-order valence-corrected chi connectivity index (χ1v) is 8.60. The molecule has 1 aromatic rings. The van der Waals surface area contributed by atoms with Crippen LogP contribution in [0, 0.1) is 18.3 Å². The lowest BCUT2D eigenvalue weighted by Gasteiger charge is -2.36. The second-order valence-electron chi connectivity index (χ2n) is 7.52. The molecule has 2 heterocycles. The molecule has 0 amide bonds. The van der Waals surface area contributed by atoms with Crippen LogP contribution in [0.15, 0.2) is 24.3 Å². The van der Waals surface area contributed by atoms with Gasteiger partial charge >= 0.3 is 0 Å². The predicted molar refractivity (Wildman–Crippen MR) is 90.3 cm³/mol. The molecule has 22 heavy (non-hydrogen) atoms. The van der Waals surface area contributed by atoms with Crippen LogP contribution < -0.4 is 5.32 Å². The third-order valence-electron chi connectivity index (χ3n) is 5.36. The lowest BCUT2D eigenvalue weighted by atomic mass is 9.85. The number of rotatable bonds is 4. The Bertz CT molecular complexity index is 509. The van der Waals surface area contributed by atoms with Crippen LogP contribution in [0.25, 0.3) is 0 Å². The van der Waals surface area contributed by atoms with E-state index in [4.69, 9.17) is 0 Å². The van der Waals surface area contributed by atoms with Crippen LogP contribution in [-0.4, -0.2) is 43.4 Å². The SMILES string of the molecule is Cc1ccc(C(=O)C2CCN(CC3(C)CCNC3)CC2)cc1. The van der Waals surface area contributed by atoms with Gasteiger partial charge in [0, 0.05) is 24.6 Å². The Hall–Kier alpha value is -1.19. The quantitative estimate of drug-likeness (QED) is 0.868. The fourth-order valence-corrected chi connectivity index (χ4v) is 3.85. The minimum atomic E-state index is 0.216. The fraction of sp³-hybridized carbons (Fsp3) is 0.632. The predicted octanol–water partition coefficient (Wildman–Crippen LogP) is 2.89. The van der Waals surface area contributed by atoms with Crippen LogP contribution in [0.4, 0.5) is 0 Å². The highest BCUT2D eigenvalue weighted by Crippen LogP contribution is 2.29. The lowest BCUT2D eigenvalue weighted by molar-refractivity contribution is 0.0797. The number of benzene rings is 1. The monoisotopic (exact) mass is 300 g/mol. The van der Waals surface area contributed by atoms with Crippen molar-refractivity contribution in [3.05, 3.63) is 35.4 Å². The summed E-state index contributed by atoms with van der Waals surface area (Å²) in [5, 5.41) is 3.47. The van der Waals surface area contributed by atoms with Gasteiger partial charge in [0.25, 0.3) is 0 Å². The number of piperidine rings is 1. The van der Waals surface area contributed by atoms with Crippen LogP contribution in [0.2, 0.25) is 0 Å².